The van der Waals surface area contributed by atoms with Crippen molar-refractivity contribution < 1.29 is 13.2 Å². The minimum absolute atomic E-state index is 0.0339. The van der Waals surface area contributed by atoms with Gasteiger partial charge in [0.05, 0.1) is 18.8 Å². The summed E-state index contributed by atoms with van der Waals surface area (Å²) in [4.78, 5) is 1.11. The van der Waals surface area contributed by atoms with Gasteiger partial charge in [0.15, 0.2) is 0 Å². The Hall–Kier alpha value is -0.470. The van der Waals surface area contributed by atoms with Gasteiger partial charge in [0.25, 0.3) is 10.0 Å². The number of ether oxygens (including phenoxy) is 1. The molecule has 1 saturated carbocycles. The molecule has 2 heterocycles. The molecule has 0 amide bonds. The van der Waals surface area contributed by atoms with E-state index in [9.17, 15) is 8.42 Å². The van der Waals surface area contributed by atoms with Gasteiger partial charge in [-0.2, -0.15) is 4.31 Å². The second-order valence-corrected chi connectivity index (χ2v) is 8.88. The molecule has 1 aliphatic heterocycles. The van der Waals surface area contributed by atoms with Crippen LogP contribution in [0, 0.1) is 0 Å². The van der Waals surface area contributed by atoms with E-state index in [1.807, 2.05) is 13.1 Å². The van der Waals surface area contributed by atoms with Gasteiger partial charge in [-0.15, -0.1) is 11.3 Å². The Labute approximate surface area is 130 Å². The van der Waals surface area contributed by atoms with Crippen LogP contribution >= 0.6 is 11.3 Å². The number of hydrogen-bond acceptors (Lipinski definition) is 5. The van der Waals surface area contributed by atoms with Crippen LogP contribution in [0.5, 0.6) is 0 Å². The molecule has 1 aliphatic carbocycles. The predicted octanol–water partition coefficient (Wildman–Crippen LogP) is 1.45. The first kappa shape index (κ1) is 15.4. The number of fused-ring (bicyclic) bond motifs is 1. The van der Waals surface area contributed by atoms with Crippen LogP contribution in [-0.2, 0) is 21.2 Å². The summed E-state index contributed by atoms with van der Waals surface area (Å²) < 4.78 is 33.6. The first-order valence-electron chi connectivity index (χ1n) is 7.49. The Morgan fingerprint density at radius 2 is 2.29 bits per heavy atom. The van der Waals surface area contributed by atoms with Crippen LogP contribution in [-0.4, -0.2) is 51.6 Å². The first-order chi connectivity index (χ1) is 10.1. The Kier molecular flexibility index (Phi) is 4.66. The predicted molar refractivity (Wildman–Crippen MR) is 83.2 cm³/mol. The van der Waals surface area contributed by atoms with Crippen LogP contribution in [0.15, 0.2) is 16.3 Å². The normalized spacial score (nSPS) is 26.9. The molecule has 0 bridgehead atoms. The van der Waals surface area contributed by atoms with Crippen LogP contribution in [0.1, 0.15) is 24.1 Å². The maximum Gasteiger partial charge on any atom is 0.252 e. The van der Waals surface area contributed by atoms with E-state index in [2.05, 4.69) is 5.32 Å². The van der Waals surface area contributed by atoms with Gasteiger partial charge in [-0.3, -0.25) is 0 Å². The highest BCUT2D eigenvalue weighted by molar-refractivity contribution is 7.91. The van der Waals surface area contributed by atoms with Crippen LogP contribution in [0.2, 0.25) is 0 Å². The Morgan fingerprint density at radius 1 is 1.43 bits per heavy atom. The SMILES string of the molecule is CNCCc1ccc(S(=O)(=O)N2CCOC3CCCC32)s1. The monoisotopic (exact) mass is 330 g/mol. The summed E-state index contributed by atoms with van der Waals surface area (Å²) in [5.41, 5.74) is 0. The van der Waals surface area contributed by atoms with Crippen LogP contribution in [0.4, 0.5) is 0 Å². The summed E-state index contributed by atoms with van der Waals surface area (Å²) in [6.07, 6.45) is 3.92. The minimum Gasteiger partial charge on any atom is -0.375 e. The zero-order valence-electron chi connectivity index (χ0n) is 12.2. The van der Waals surface area contributed by atoms with E-state index in [0.717, 1.165) is 37.1 Å². The second kappa shape index (κ2) is 6.34. The molecule has 2 atom stereocenters. The average molecular weight is 330 g/mol. The number of sulfonamides is 1. The molecule has 1 N–H and O–H groups in total. The van der Waals surface area contributed by atoms with Crippen molar-refractivity contribution in [1.82, 2.24) is 9.62 Å². The van der Waals surface area contributed by atoms with Gasteiger partial charge >= 0.3 is 0 Å². The van der Waals surface area contributed by atoms with Crippen molar-refractivity contribution in [3.05, 3.63) is 17.0 Å². The van der Waals surface area contributed by atoms with Crippen molar-refractivity contribution >= 4 is 21.4 Å². The lowest BCUT2D eigenvalue weighted by molar-refractivity contribution is -0.0241. The number of likely N-dealkylation sites (N-methyl/N-ethyl adjacent to an activating group) is 1. The molecule has 1 aromatic rings. The fourth-order valence-electron chi connectivity index (χ4n) is 3.18. The zero-order chi connectivity index (χ0) is 14.9. The Morgan fingerprint density at radius 3 is 3.10 bits per heavy atom. The van der Waals surface area contributed by atoms with Gasteiger partial charge in [0.2, 0.25) is 0 Å². The van der Waals surface area contributed by atoms with E-state index in [-0.39, 0.29) is 12.1 Å². The molecule has 21 heavy (non-hydrogen) atoms. The number of morpholine rings is 1. The van der Waals surface area contributed by atoms with Crippen molar-refractivity contribution in [2.24, 2.45) is 0 Å². The van der Waals surface area contributed by atoms with E-state index in [1.165, 1.54) is 11.3 Å². The van der Waals surface area contributed by atoms with E-state index >= 15 is 0 Å². The molecule has 7 heteroatoms. The maximum absolute atomic E-state index is 12.9. The molecule has 2 aliphatic rings. The standard InChI is InChI=1S/C14H22N2O3S2/c1-15-8-7-11-5-6-14(20-11)21(17,18)16-9-10-19-13-4-2-3-12(13)16/h5-6,12-13,15H,2-4,7-10H2,1H3. The summed E-state index contributed by atoms with van der Waals surface area (Å²) in [5.74, 6) is 0. The highest BCUT2D eigenvalue weighted by atomic mass is 32.2. The molecule has 1 saturated heterocycles. The third-order valence-corrected chi connectivity index (χ3v) is 7.79. The van der Waals surface area contributed by atoms with Gasteiger partial charge in [-0.25, -0.2) is 8.42 Å². The van der Waals surface area contributed by atoms with Crippen molar-refractivity contribution in [2.75, 3.05) is 26.7 Å². The van der Waals surface area contributed by atoms with Gasteiger partial charge in [-0.1, -0.05) is 0 Å². The van der Waals surface area contributed by atoms with E-state index in [4.69, 9.17) is 4.74 Å². The molecular formula is C14H22N2O3S2. The smallest absolute Gasteiger partial charge is 0.252 e. The maximum atomic E-state index is 12.9. The number of hydrogen-bond donors (Lipinski definition) is 1. The third kappa shape index (κ3) is 3.03. The van der Waals surface area contributed by atoms with Gasteiger partial charge in [0.1, 0.15) is 4.21 Å². The lowest BCUT2D eigenvalue weighted by Crippen LogP contribution is -2.50. The minimum atomic E-state index is -3.37. The van der Waals surface area contributed by atoms with Crippen molar-refractivity contribution in [3.8, 4) is 0 Å². The summed E-state index contributed by atoms with van der Waals surface area (Å²) >= 11 is 1.40. The topological polar surface area (TPSA) is 58.6 Å². The quantitative estimate of drug-likeness (QED) is 0.888. The number of rotatable bonds is 5. The van der Waals surface area contributed by atoms with E-state index < -0.39 is 10.0 Å². The summed E-state index contributed by atoms with van der Waals surface area (Å²) in [6.45, 7) is 1.86. The van der Waals surface area contributed by atoms with E-state index in [0.29, 0.717) is 17.4 Å². The summed E-state index contributed by atoms with van der Waals surface area (Å²) in [7, 11) is -1.47. The average Bonchev–Trinajstić information content (AvgIpc) is 3.13. The summed E-state index contributed by atoms with van der Waals surface area (Å²) in [6, 6.07) is 3.72. The highest BCUT2D eigenvalue weighted by Crippen LogP contribution is 2.35. The zero-order valence-corrected chi connectivity index (χ0v) is 13.9. The fourth-order valence-corrected chi connectivity index (χ4v) is 6.33. The van der Waals surface area contributed by atoms with E-state index in [1.54, 1.807) is 10.4 Å². The highest BCUT2D eigenvalue weighted by Gasteiger charge is 2.42. The number of thiophene rings is 1. The molecular weight excluding hydrogens is 308 g/mol. The molecule has 5 nitrogen and oxygen atoms in total. The molecule has 1 aromatic heterocycles. The molecule has 118 valence electrons. The summed E-state index contributed by atoms with van der Waals surface area (Å²) in [5, 5.41) is 3.09. The van der Waals surface area contributed by atoms with Crippen molar-refractivity contribution in [2.45, 2.75) is 42.0 Å². The van der Waals surface area contributed by atoms with Crippen LogP contribution in [0.3, 0.4) is 0 Å². The van der Waals surface area contributed by atoms with Crippen molar-refractivity contribution in [3.63, 3.8) is 0 Å². The van der Waals surface area contributed by atoms with Crippen LogP contribution in [0.25, 0.3) is 0 Å². The first-order valence-corrected chi connectivity index (χ1v) is 9.75. The molecule has 2 fully saturated rings. The van der Waals surface area contributed by atoms with Crippen LogP contribution < -0.4 is 5.32 Å². The van der Waals surface area contributed by atoms with Gasteiger partial charge in [-0.05, 0) is 51.4 Å². The fraction of sp³-hybridized carbons (Fsp3) is 0.714. The molecule has 0 aromatic carbocycles. The Bertz CT molecular complexity index is 585. The largest absolute Gasteiger partial charge is 0.375 e. The molecule has 0 spiro atoms. The number of nitrogens with zero attached hydrogens (tertiary/aromatic N) is 1. The third-order valence-electron chi connectivity index (χ3n) is 4.25. The lowest BCUT2D eigenvalue weighted by atomic mass is 10.2. The molecule has 3 rings (SSSR count). The Balaban J connectivity index is 1.80. The molecule has 0 radical (unpaired) electrons. The van der Waals surface area contributed by atoms with Crippen molar-refractivity contribution in [1.29, 1.82) is 0 Å². The molecule has 2 unspecified atom stereocenters. The van der Waals surface area contributed by atoms with Gasteiger partial charge in [0, 0.05) is 11.4 Å². The lowest BCUT2D eigenvalue weighted by Gasteiger charge is -2.36. The van der Waals surface area contributed by atoms with Gasteiger partial charge < -0.3 is 10.1 Å². The second-order valence-electron chi connectivity index (χ2n) is 5.60. The number of nitrogens with one attached hydrogen (secondary N) is 1.